The maximum atomic E-state index is 12.3. The fraction of sp³-hybridized carbons (Fsp3) is 0.0455. The predicted molar refractivity (Wildman–Crippen MR) is 108 cm³/mol. The van der Waals surface area contributed by atoms with Crippen molar-refractivity contribution in [1.82, 2.24) is 9.97 Å². The molecule has 0 aliphatic rings. The number of carbonyl (C=O) groups excluding carboxylic acids is 1. The summed E-state index contributed by atoms with van der Waals surface area (Å²) < 4.78 is 0. The molecule has 4 rings (SSSR count). The molecule has 2 amide bonds. The number of amides is 2. The van der Waals surface area contributed by atoms with Gasteiger partial charge in [0.2, 0.25) is 0 Å². The summed E-state index contributed by atoms with van der Waals surface area (Å²) in [5, 5.41) is 6.71. The molecule has 2 N–H and O–H groups in total. The van der Waals surface area contributed by atoms with Crippen molar-refractivity contribution in [3.8, 4) is 0 Å². The molecule has 0 saturated heterocycles. The highest BCUT2D eigenvalue weighted by Gasteiger charge is 2.07. The molecule has 5 heteroatoms. The number of hydrogen-bond acceptors (Lipinski definition) is 3. The Morgan fingerprint density at radius 2 is 1.52 bits per heavy atom. The Morgan fingerprint density at radius 1 is 0.778 bits per heavy atom. The van der Waals surface area contributed by atoms with Gasteiger partial charge in [-0.15, -0.1) is 0 Å². The van der Waals surface area contributed by atoms with E-state index < -0.39 is 0 Å². The minimum Gasteiger partial charge on any atom is -0.308 e. The molecule has 2 aromatic heterocycles. The Labute approximate surface area is 157 Å². The minimum atomic E-state index is -0.296. The van der Waals surface area contributed by atoms with Gasteiger partial charge in [-0.1, -0.05) is 30.3 Å². The van der Waals surface area contributed by atoms with Crippen molar-refractivity contribution in [3.05, 3.63) is 96.4 Å². The first-order valence-electron chi connectivity index (χ1n) is 8.67. The van der Waals surface area contributed by atoms with Crippen LogP contribution >= 0.6 is 0 Å². The second-order valence-electron chi connectivity index (χ2n) is 6.19. The molecule has 0 atom stereocenters. The lowest BCUT2D eigenvalue weighted by Crippen LogP contribution is -2.19. The van der Waals surface area contributed by atoms with E-state index in [1.54, 1.807) is 18.6 Å². The summed E-state index contributed by atoms with van der Waals surface area (Å²) in [5.41, 5.74) is 4.55. The van der Waals surface area contributed by atoms with E-state index in [2.05, 4.69) is 20.6 Å². The van der Waals surface area contributed by atoms with Crippen LogP contribution < -0.4 is 10.6 Å². The van der Waals surface area contributed by atoms with E-state index in [1.807, 2.05) is 66.7 Å². The number of nitrogens with zero attached hydrogens (tertiary/aromatic N) is 2. The van der Waals surface area contributed by atoms with E-state index in [0.29, 0.717) is 5.69 Å². The Balaban J connectivity index is 1.42. The van der Waals surface area contributed by atoms with Crippen molar-refractivity contribution in [2.45, 2.75) is 6.42 Å². The first kappa shape index (κ1) is 16.7. The van der Waals surface area contributed by atoms with Gasteiger partial charge >= 0.3 is 6.03 Å². The quantitative estimate of drug-likeness (QED) is 0.550. The molecular formula is C22H18N4O. The molecule has 4 aromatic rings. The molecular weight excluding hydrogens is 336 g/mol. The maximum absolute atomic E-state index is 12.3. The van der Waals surface area contributed by atoms with Gasteiger partial charge in [-0.05, 0) is 53.9 Å². The third-order valence-electron chi connectivity index (χ3n) is 4.25. The van der Waals surface area contributed by atoms with Crippen LogP contribution in [0.3, 0.4) is 0 Å². The third kappa shape index (κ3) is 4.10. The third-order valence-corrected chi connectivity index (χ3v) is 4.25. The van der Waals surface area contributed by atoms with Crippen molar-refractivity contribution in [2.24, 2.45) is 0 Å². The van der Waals surface area contributed by atoms with Gasteiger partial charge in [-0.3, -0.25) is 9.97 Å². The van der Waals surface area contributed by atoms with Crippen molar-refractivity contribution in [1.29, 1.82) is 0 Å². The number of benzene rings is 2. The number of pyridine rings is 2. The van der Waals surface area contributed by atoms with Crippen molar-refractivity contribution >= 4 is 28.3 Å². The summed E-state index contributed by atoms with van der Waals surface area (Å²) in [5.74, 6) is 0. The summed E-state index contributed by atoms with van der Waals surface area (Å²) in [7, 11) is 0. The zero-order valence-electron chi connectivity index (χ0n) is 14.6. The van der Waals surface area contributed by atoms with Gasteiger partial charge in [0.25, 0.3) is 0 Å². The molecule has 132 valence electrons. The van der Waals surface area contributed by atoms with Gasteiger partial charge in [-0.25, -0.2) is 4.79 Å². The van der Waals surface area contributed by atoms with Crippen LogP contribution in [0.1, 0.15) is 11.1 Å². The molecule has 0 bridgehead atoms. The average Bonchev–Trinajstić information content (AvgIpc) is 2.71. The van der Waals surface area contributed by atoms with E-state index in [9.17, 15) is 4.79 Å². The van der Waals surface area contributed by atoms with Crippen LogP contribution in [0.15, 0.2) is 85.3 Å². The van der Waals surface area contributed by atoms with E-state index in [1.165, 1.54) is 11.1 Å². The molecule has 2 aromatic carbocycles. The van der Waals surface area contributed by atoms with Crippen molar-refractivity contribution in [2.75, 3.05) is 10.6 Å². The number of nitrogens with one attached hydrogen (secondary N) is 2. The number of fused-ring (bicyclic) bond motifs is 1. The van der Waals surface area contributed by atoms with Gasteiger partial charge < -0.3 is 10.6 Å². The highest BCUT2D eigenvalue weighted by Crippen LogP contribution is 2.21. The summed E-state index contributed by atoms with van der Waals surface area (Å²) in [6, 6.07) is 21.1. The molecule has 0 fully saturated rings. The van der Waals surface area contributed by atoms with Crippen LogP contribution in [0, 0.1) is 0 Å². The summed E-state index contributed by atoms with van der Waals surface area (Å²) in [6.45, 7) is 0. The number of urea groups is 1. The van der Waals surface area contributed by atoms with E-state index in [0.717, 1.165) is 23.0 Å². The standard InChI is InChI=1S/C22H18N4O/c27-22(26-20-5-1-3-18-4-2-12-24-21(18)20)25-19-8-6-16(7-9-19)15-17-10-13-23-14-11-17/h1-14H,15H2,(H2,25,26,27). The van der Waals surface area contributed by atoms with E-state index >= 15 is 0 Å². The predicted octanol–water partition coefficient (Wildman–Crippen LogP) is 4.86. The summed E-state index contributed by atoms with van der Waals surface area (Å²) in [4.78, 5) is 20.7. The Hall–Kier alpha value is -3.73. The summed E-state index contributed by atoms with van der Waals surface area (Å²) >= 11 is 0. The largest absolute Gasteiger partial charge is 0.323 e. The molecule has 0 saturated carbocycles. The van der Waals surface area contributed by atoms with Crippen LogP contribution in [0.25, 0.3) is 10.9 Å². The molecule has 0 aliphatic carbocycles. The molecule has 0 spiro atoms. The average molecular weight is 354 g/mol. The smallest absolute Gasteiger partial charge is 0.308 e. The first-order valence-corrected chi connectivity index (χ1v) is 8.67. The second-order valence-corrected chi connectivity index (χ2v) is 6.19. The van der Waals surface area contributed by atoms with Crippen molar-refractivity contribution < 1.29 is 4.79 Å². The van der Waals surface area contributed by atoms with Gasteiger partial charge in [0, 0.05) is 29.7 Å². The number of anilines is 2. The number of aromatic nitrogens is 2. The Bertz CT molecular complexity index is 1060. The molecule has 27 heavy (non-hydrogen) atoms. The van der Waals surface area contributed by atoms with Gasteiger partial charge in [0.1, 0.15) is 0 Å². The van der Waals surface area contributed by atoms with Gasteiger partial charge in [-0.2, -0.15) is 0 Å². The molecule has 0 radical (unpaired) electrons. The molecule has 2 heterocycles. The fourth-order valence-electron chi connectivity index (χ4n) is 2.93. The van der Waals surface area contributed by atoms with Crippen molar-refractivity contribution in [3.63, 3.8) is 0 Å². The van der Waals surface area contributed by atoms with Crippen LogP contribution in [0.5, 0.6) is 0 Å². The second kappa shape index (κ2) is 7.66. The Morgan fingerprint density at radius 3 is 2.33 bits per heavy atom. The zero-order valence-corrected chi connectivity index (χ0v) is 14.6. The highest BCUT2D eigenvalue weighted by molar-refractivity contribution is 6.04. The van der Waals surface area contributed by atoms with E-state index in [-0.39, 0.29) is 6.03 Å². The lowest BCUT2D eigenvalue weighted by molar-refractivity contribution is 0.262. The topological polar surface area (TPSA) is 66.9 Å². The lowest BCUT2D eigenvalue weighted by Gasteiger charge is -2.10. The minimum absolute atomic E-state index is 0.296. The Kier molecular flexibility index (Phi) is 4.74. The fourth-order valence-corrected chi connectivity index (χ4v) is 2.93. The molecule has 5 nitrogen and oxygen atoms in total. The van der Waals surface area contributed by atoms with Crippen LogP contribution in [-0.2, 0) is 6.42 Å². The van der Waals surface area contributed by atoms with Crippen LogP contribution in [0.2, 0.25) is 0 Å². The highest BCUT2D eigenvalue weighted by atomic mass is 16.2. The SMILES string of the molecule is O=C(Nc1ccc(Cc2ccncc2)cc1)Nc1cccc2cccnc12. The maximum Gasteiger partial charge on any atom is 0.323 e. The normalized spacial score (nSPS) is 10.5. The first-order chi connectivity index (χ1) is 13.3. The lowest BCUT2D eigenvalue weighted by atomic mass is 10.1. The number of hydrogen-bond donors (Lipinski definition) is 2. The van der Waals surface area contributed by atoms with Crippen LogP contribution in [0.4, 0.5) is 16.2 Å². The summed E-state index contributed by atoms with van der Waals surface area (Å²) in [6.07, 6.45) is 6.12. The number of para-hydroxylation sites is 1. The van der Waals surface area contributed by atoms with Gasteiger partial charge in [0.15, 0.2) is 0 Å². The van der Waals surface area contributed by atoms with Gasteiger partial charge in [0.05, 0.1) is 11.2 Å². The zero-order chi connectivity index (χ0) is 18.5. The monoisotopic (exact) mass is 354 g/mol. The number of rotatable bonds is 4. The van der Waals surface area contributed by atoms with Crippen LogP contribution in [-0.4, -0.2) is 16.0 Å². The molecule has 0 aliphatic heterocycles. The number of carbonyl (C=O) groups is 1. The molecule has 0 unspecified atom stereocenters. The van der Waals surface area contributed by atoms with E-state index in [4.69, 9.17) is 0 Å².